The van der Waals surface area contributed by atoms with Crippen LogP contribution in [0, 0.1) is 6.92 Å². The van der Waals surface area contributed by atoms with E-state index in [0.717, 1.165) is 5.56 Å². The van der Waals surface area contributed by atoms with Gasteiger partial charge in [0.05, 0.1) is 24.3 Å². The second kappa shape index (κ2) is 9.23. The van der Waals surface area contributed by atoms with Crippen LogP contribution in [-0.2, 0) is 15.0 Å². The molecule has 0 radical (unpaired) electrons. The average Bonchev–Trinajstić information content (AvgIpc) is 3.10. The van der Waals surface area contributed by atoms with Crippen LogP contribution in [0.25, 0.3) is 5.76 Å². The Morgan fingerprint density at radius 2 is 1.69 bits per heavy atom. The van der Waals surface area contributed by atoms with Crippen molar-refractivity contribution in [3.63, 3.8) is 0 Å². The Labute approximate surface area is 210 Å². The lowest BCUT2D eigenvalue weighted by atomic mass is 9.85. The minimum Gasteiger partial charge on any atom is -0.507 e. The van der Waals surface area contributed by atoms with E-state index in [1.165, 1.54) is 12.0 Å². The Bertz CT molecular complexity index is 1340. The van der Waals surface area contributed by atoms with Gasteiger partial charge in [0.25, 0.3) is 11.7 Å². The van der Waals surface area contributed by atoms with E-state index < -0.39 is 17.7 Å². The number of hydrogen-bond donors (Lipinski definition) is 1. The third-order valence-corrected chi connectivity index (χ3v) is 6.79. The number of aliphatic hydroxyl groups is 1. The molecule has 180 valence electrons. The Kier molecular flexibility index (Phi) is 6.48. The number of anilines is 1. The summed E-state index contributed by atoms with van der Waals surface area (Å²) in [6.07, 6.45) is 0. The van der Waals surface area contributed by atoms with Crippen molar-refractivity contribution in [1.82, 2.24) is 0 Å². The van der Waals surface area contributed by atoms with Crippen LogP contribution in [0.5, 0.6) is 5.75 Å². The highest BCUT2D eigenvalue weighted by atomic mass is 35.5. The predicted octanol–water partition coefficient (Wildman–Crippen LogP) is 6.58. The van der Waals surface area contributed by atoms with Gasteiger partial charge in [0.15, 0.2) is 0 Å². The molecule has 0 aromatic heterocycles. The summed E-state index contributed by atoms with van der Waals surface area (Å²) in [5, 5.41) is 12.1. The molecule has 1 amide bonds. The summed E-state index contributed by atoms with van der Waals surface area (Å²) in [7, 11) is 1.51. The summed E-state index contributed by atoms with van der Waals surface area (Å²) >= 11 is 6.36. The number of carbonyl (C=O) groups is 2. The van der Waals surface area contributed by atoms with Gasteiger partial charge in [-0.1, -0.05) is 74.8 Å². The van der Waals surface area contributed by atoms with E-state index in [1.54, 1.807) is 31.2 Å². The summed E-state index contributed by atoms with van der Waals surface area (Å²) in [5.41, 5.74) is 3.00. The van der Waals surface area contributed by atoms with E-state index >= 15 is 0 Å². The molecule has 4 rings (SSSR count). The van der Waals surface area contributed by atoms with Crippen molar-refractivity contribution in [3.8, 4) is 5.75 Å². The number of halogens is 1. The number of amides is 1. The van der Waals surface area contributed by atoms with Gasteiger partial charge < -0.3 is 9.84 Å². The van der Waals surface area contributed by atoms with Crippen molar-refractivity contribution in [1.29, 1.82) is 0 Å². The zero-order valence-electron chi connectivity index (χ0n) is 20.4. The molecule has 1 aliphatic heterocycles. The topological polar surface area (TPSA) is 66.8 Å². The molecule has 1 unspecified atom stereocenters. The summed E-state index contributed by atoms with van der Waals surface area (Å²) < 4.78 is 5.52. The number of hydrogen-bond acceptors (Lipinski definition) is 4. The molecule has 35 heavy (non-hydrogen) atoms. The third kappa shape index (κ3) is 4.32. The van der Waals surface area contributed by atoms with Crippen LogP contribution >= 0.6 is 11.6 Å². The molecule has 0 bridgehead atoms. The van der Waals surface area contributed by atoms with E-state index in [1.807, 2.05) is 42.5 Å². The van der Waals surface area contributed by atoms with Crippen LogP contribution in [0.15, 0.2) is 72.3 Å². The van der Waals surface area contributed by atoms with Crippen molar-refractivity contribution < 1.29 is 19.4 Å². The Morgan fingerprint density at radius 1 is 1.00 bits per heavy atom. The molecule has 1 atom stereocenters. The van der Waals surface area contributed by atoms with Gasteiger partial charge in [0.1, 0.15) is 11.5 Å². The van der Waals surface area contributed by atoms with Gasteiger partial charge in [-0.3, -0.25) is 14.5 Å². The first-order valence-electron chi connectivity index (χ1n) is 11.4. The van der Waals surface area contributed by atoms with E-state index in [9.17, 15) is 14.7 Å². The first kappa shape index (κ1) is 24.6. The van der Waals surface area contributed by atoms with Crippen LogP contribution in [0.3, 0.4) is 0 Å². The molecule has 0 saturated carbocycles. The van der Waals surface area contributed by atoms with Gasteiger partial charge in [-0.25, -0.2) is 0 Å². The largest absolute Gasteiger partial charge is 0.507 e. The Hall–Kier alpha value is -3.57. The number of nitrogens with zero attached hydrogens (tertiary/aromatic N) is 1. The van der Waals surface area contributed by atoms with Crippen LogP contribution in [0.4, 0.5) is 5.69 Å². The smallest absolute Gasteiger partial charge is 0.300 e. The second-order valence-electron chi connectivity index (χ2n) is 9.63. The number of ether oxygens (including phenoxy) is 1. The normalized spacial score (nSPS) is 17.7. The van der Waals surface area contributed by atoms with Gasteiger partial charge in [-0.05, 0) is 53.3 Å². The molecule has 0 spiro atoms. The van der Waals surface area contributed by atoms with Gasteiger partial charge in [-0.15, -0.1) is 0 Å². The lowest BCUT2D eigenvalue weighted by molar-refractivity contribution is -0.132. The SMILES string of the molecule is COc1ccc(C(C)(C)C)cc1/C(O)=C1\C(=O)C(=O)N(c2cccc(Cl)c2C)C1c1ccccc1. The van der Waals surface area contributed by atoms with Crippen molar-refractivity contribution in [3.05, 3.63) is 99.6 Å². The highest BCUT2D eigenvalue weighted by Crippen LogP contribution is 2.45. The molecular weight excluding hydrogens is 462 g/mol. The van der Waals surface area contributed by atoms with Crippen molar-refractivity contribution >= 4 is 34.7 Å². The minimum atomic E-state index is -0.837. The molecule has 6 heteroatoms. The van der Waals surface area contributed by atoms with E-state index in [-0.39, 0.29) is 16.7 Å². The summed E-state index contributed by atoms with van der Waals surface area (Å²) in [6, 6.07) is 19.1. The summed E-state index contributed by atoms with van der Waals surface area (Å²) in [6.45, 7) is 7.98. The van der Waals surface area contributed by atoms with E-state index in [0.29, 0.717) is 33.1 Å². The molecule has 1 heterocycles. The van der Waals surface area contributed by atoms with Crippen LogP contribution < -0.4 is 9.64 Å². The number of rotatable bonds is 4. The lowest BCUT2D eigenvalue weighted by Crippen LogP contribution is -2.30. The summed E-state index contributed by atoms with van der Waals surface area (Å²) in [4.78, 5) is 28.3. The highest BCUT2D eigenvalue weighted by Gasteiger charge is 2.47. The van der Waals surface area contributed by atoms with Crippen molar-refractivity contribution in [2.45, 2.75) is 39.2 Å². The van der Waals surface area contributed by atoms with Crippen LogP contribution in [0.2, 0.25) is 5.02 Å². The van der Waals surface area contributed by atoms with Crippen molar-refractivity contribution in [2.75, 3.05) is 12.0 Å². The quantitative estimate of drug-likeness (QED) is 0.255. The fourth-order valence-corrected chi connectivity index (χ4v) is 4.56. The zero-order valence-corrected chi connectivity index (χ0v) is 21.2. The fraction of sp³-hybridized carbons (Fsp3) is 0.241. The number of benzene rings is 3. The molecule has 0 aliphatic carbocycles. The van der Waals surface area contributed by atoms with Crippen LogP contribution in [0.1, 0.15) is 49.1 Å². The first-order chi connectivity index (χ1) is 16.6. The summed E-state index contributed by atoms with van der Waals surface area (Å²) in [5.74, 6) is -1.36. The molecule has 3 aromatic carbocycles. The number of methoxy groups -OCH3 is 1. The van der Waals surface area contributed by atoms with Gasteiger partial charge >= 0.3 is 0 Å². The predicted molar refractivity (Wildman–Crippen MR) is 139 cm³/mol. The monoisotopic (exact) mass is 489 g/mol. The molecule has 1 N–H and O–H groups in total. The molecule has 1 saturated heterocycles. The highest BCUT2D eigenvalue weighted by molar-refractivity contribution is 6.52. The number of ketones is 1. The zero-order chi connectivity index (χ0) is 25.5. The molecule has 5 nitrogen and oxygen atoms in total. The molecule has 1 aliphatic rings. The fourth-order valence-electron chi connectivity index (χ4n) is 4.39. The molecule has 3 aromatic rings. The maximum Gasteiger partial charge on any atom is 0.300 e. The van der Waals surface area contributed by atoms with E-state index in [4.69, 9.17) is 16.3 Å². The number of carbonyl (C=O) groups excluding carboxylic acids is 2. The maximum absolute atomic E-state index is 13.5. The number of aliphatic hydroxyl groups excluding tert-OH is 1. The lowest BCUT2D eigenvalue weighted by Gasteiger charge is -2.27. The van der Waals surface area contributed by atoms with Crippen molar-refractivity contribution in [2.24, 2.45) is 0 Å². The third-order valence-electron chi connectivity index (χ3n) is 6.38. The first-order valence-corrected chi connectivity index (χ1v) is 11.7. The Morgan fingerprint density at radius 3 is 2.31 bits per heavy atom. The Balaban J connectivity index is 2.02. The molecule has 1 fully saturated rings. The molecular formula is C29H28ClNO4. The average molecular weight is 490 g/mol. The standard InChI is InChI=1S/C29H28ClNO4/c1-17-21(30)12-9-13-22(17)31-25(18-10-7-6-8-11-18)24(27(33)28(31)34)26(32)20-16-19(29(2,3)4)14-15-23(20)35-5/h6-16,25,32H,1-5H3/b26-24+. The second-order valence-corrected chi connectivity index (χ2v) is 10.0. The van der Waals surface area contributed by atoms with Gasteiger partial charge in [0, 0.05) is 10.7 Å². The van der Waals surface area contributed by atoms with E-state index in [2.05, 4.69) is 20.8 Å². The van der Waals surface area contributed by atoms with Gasteiger partial charge in [-0.2, -0.15) is 0 Å². The maximum atomic E-state index is 13.5. The minimum absolute atomic E-state index is 0.00457. The van der Waals surface area contributed by atoms with Gasteiger partial charge in [0.2, 0.25) is 0 Å². The number of Topliss-reactive ketones (excluding diaryl/α,β-unsaturated/α-hetero) is 1. The van der Waals surface area contributed by atoms with Crippen LogP contribution in [-0.4, -0.2) is 23.9 Å².